The van der Waals surface area contributed by atoms with Crippen LogP contribution in [0.25, 0.3) is 0 Å². The van der Waals surface area contributed by atoms with Crippen LogP contribution in [0.4, 0.5) is 0 Å². The van der Waals surface area contributed by atoms with Gasteiger partial charge < -0.3 is 15.7 Å². The van der Waals surface area contributed by atoms with Gasteiger partial charge in [0.2, 0.25) is 0 Å². The summed E-state index contributed by atoms with van der Waals surface area (Å²) >= 11 is 0. The third-order valence-electron chi connectivity index (χ3n) is 3.85. The zero-order valence-corrected chi connectivity index (χ0v) is 12.2. The zero-order chi connectivity index (χ0) is 15.2. The Labute approximate surface area is 125 Å². The standard InChI is InChI=1S/C16H21N3O2/c1-19(13-8-2-3-9-14(13)20)16(21)15-12(6-4-10-17)7-5-11-18-15/h5,7,11,13-14,20H,2-3,8-10,17H2,1H3. The summed E-state index contributed by atoms with van der Waals surface area (Å²) in [5.74, 6) is 5.41. The lowest BCUT2D eigenvalue weighted by Crippen LogP contribution is -2.46. The highest BCUT2D eigenvalue weighted by Gasteiger charge is 2.30. The molecule has 2 rings (SSSR count). The second-order valence-corrected chi connectivity index (χ2v) is 5.24. The van der Waals surface area contributed by atoms with Crippen LogP contribution in [0.2, 0.25) is 0 Å². The number of carbonyl (C=O) groups excluding carboxylic acids is 1. The lowest BCUT2D eigenvalue weighted by molar-refractivity contribution is 0.0264. The molecule has 1 aliphatic rings. The lowest BCUT2D eigenvalue weighted by atomic mass is 9.91. The molecule has 112 valence electrons. The van der Waals surface area contributed by atoms with Crippen molar-refractivity contribution in [3.8, 4) is 11.8 Å². The van der Waals surface area contributed by atoms with Crippen molar-refractivity contribution in [2.24, 2.45) is 5.73 Å². The summed E-state index contributed by atoms with van der Waals surface area (Å²) in [6.07, 6.45) is 4.71. The maximum Gasteiger partial charge on any atom is 0.273 e. The van der Waals surface area contributed by atoms with E-state index in [-0.39, 0.29) is 18.5 Å². The monoisotopic (exact) mass is 287 g/mol. The second kappa shape index (κ2) is 7.21. The highest BCUT2D eigenvalue weighted by Crippen LogP contribution is 2.23. The van der Waals surface area contributed by atoms with Crippen molar-refractivity contribution >= 4 is 5.91 Å². The lowest BCUT2D eigenvalue weighted by Gasteiger charge is -2.35. The second-order valence-electron chi connectivity index (χ2n) is 5.24. The van der Waals surface area contributed by atoms with E-state index < -0.39 is 6.10 Å². The fraction of sp³-hybridized carbons (Fsp3) is 0.500. The highest BCUT2D eigenvalue weighted by atomic mass is 16.3. The van der Waals surface area contributed by atoms with Crippen LogP contribution >= 0.6 is 0 Å². The van der Waals surface area contributed by atoms with Gasteiger partial charge in [0.05, 0.1) is 24.3 Å². The molecule has 2 unspecified atom stereocenters. The van der Waals surface area contributed by atoms with Crippen molar-refractivity contribution in [2.45, 2.75) is 37.8 Å². The summed E-state index contributed by atoms with van der Waals surface area (Å²) in [7, 11) is 1.72. The van der Waals surface area contributed by atoms with Gasteiger partial charge in [-0.2, -0.15) is 0 Å². The van der Waals surface area contributed by atoms with Gasteiger partial charge in [-0.1, -0.05) is 24.7 Å². The van der Waals surface area contributed by atoms with Crippen molar-refractivity contribution in [1.29, 1.82) is 0 Å². The number of likely N-dealkylation sites (N-methyl/N-ethyl adjacent to an activating group) is 1. The first kappa shape index (κ1) is 15.5. The van der Waals surface area contributed by atoms with Crippen LogP contribution in [0, 0.1) is 11.8 Å². The number of aliphatic hydroxyl groups excluding tert-OH is 1. The molecule has 2 atom stereocenters. The molecular formula is C16H21N3O2. The van der Waals surface area contributed by atoms with Crippen molar-refractivity contribution in [3.63, 3.8) is 0 Å². The minimum Gasteiger partial charge on any atom is -0.391 e. The van der Waals surface area contributed by atoms with Crippen LogP contribution in [0.15, 0.2) is 18.3 Å². The molecule has 3 N–H and O–H groups in total. The Hall–Kier alpha value is -1.90. The van der Waals surface area contributed by atoms with Crippen LogP contribution in [0.3, 0.4) is 0 Å². The van der Waals surface area contributed by atoms with Crippen LogP contribution in [0.5, 0.6) is 0 Å². The highest BCUT2D eigenvalue weighted by molar-refractivity contribution is 5.94. The molecule has 1 aromatic heterocycles. The molecule has 21 heavy (non-hydrogen) atoms. The van der Waals surface area contributed by atoms with Crippen LogP contribution < -0.4 is 5.73 Å². The third kappa shape index (κ3) is 3.60. The van der Waals surface area contributed by atoms with Gasteiger partial charge in [0.1, 0.15) is 5.69 Å². The number of nitrogens with two attached hydrogens (primary N) is 1. The van der Waals surface area contributed by atoms with Crippen molar-refractivity contribution < 1.29 is 9.90 Å². The first-order valence-electron chi connectivity index (χ1n) is 7.24. The Morgan fingerprint density at radius 2 is 2.29 bits per heavy atom. The van der Waals surface area contributed by atoms with Gasteiger partial charge in [0, 0.05) is 13.2 Å². The number of aromatic nitrogens is 1. The Kier molecular flexibility index (Phi) is 5.32. The molecule has 1 fully saturated rings. The van der Waals surface area contributed by atoms with Gasteiger partial charge in [-0.15, -0.1) is 0 Å². The summed E-state index contributed by atoms with van der Waals surface area (Å²) in [4.78, 5) is 18.4. The van der Waals surface area contributed by atoms with Gasteiger partial charge in [-0.3, -0.25) is 4.79 Å². The van der Waals surface area contributed by atoms with Crippen molar-refractivity contribution in [2.75, 3.05) is 13.6 Å². The molecule has 1 aliphatic carbocycles. The maximum absolute atomic E-state index is 12.6. The predicted octanol–water partition coefficient (Wildman–Crippen LogP) is 0.767. The molecule has 0 bridgehead atoms. The average Bonchev–Trinajstić information content (AvgIpc) is 2.52. The first-order valence-corrected chi connectivity index (χ1v) is 7.24. The fourth-order valence-electron chi connectivity index (χ4n) is 2.68. The van der Waals surface area contributed by atoms with E-state index in [0.29, 0.717) is 11.3 Å². The topological polar surface area (TPSA) is 79.5 Å². The molecule has 1 aromatic rings. The number of nitrogens with zero attached hydrogens (tertiary/aromatic N) is 2. The van der Waals surface area contributed by atoms with Crippen LogP contribution in [-0.4, -0.2) is 46.6 Å². The number of hydrogen-bond acceptors (Lipinski definition) is 4. The smallest absolute Gasteiger partial charge is 0.273 e. The van der Waals surface area contributed by atoms with E-state index >= 15 is 0 Å². The largest absolute Gasteiger partial charge is 0.391 e. The normalized spacial score (nSPS) is 21.3. The average molecular weight is 287 g/mol. The third-order valence-corrected chi connectivity index (χ3v) is 3.85. The molecule has 0 aliphatic heterocycles. The molecule has 0 aromatic carbocycles. The summed E-state index contributed by atoms with van der Waals surface area (Å²) in [6, 6.07) is 3.35. The summed E-state index contributed by atoms with van der Waals surface area (Å²) in [5, 5.41) is 10.1. The van der Waals surface area contributed by atoms with E-state index in [0.717, 1.165) is 25.7 Å². The first-order chi connectivity index (χ1) is 10.1. The van der Waals surface area contributed by atoms with Crippen molar-refractivity contribution in [3.05, 3.63) is 29.6 Å². The van der Waals surface area contributed by atoms with Gasteiger partial charge in [0.25, 0.3) is 5.91 Å². The van der Waals surface area contributed by atoms with E-state index in [1.807, 2.05) is 0 Å². The van der Waals surface area contributed by atoms with E-state index in [9.17, 15) is 9.90 Å². The minimum absolute atomic E-state index is 0.149. The van der Waals surface area contributed by atoms with Gasteiger partial charge in [0.15, 0.2) is 0 Å². The Bertz CT molecular complexity index is 562. The number of hydrogen-bond donors (Lipinski definition) is 2. The molecule has 1 heterocycles. The Morgan fingerprint density at radius 3 is 3.00 bits per heavy atom. The summed E-state index contributed by atoms with van der Waals surface area (Å²) in [5.41, 5.74) is 6.27. The van der Waals surface area contributed by atoms with E-state index in [1.165, 1.54) is 0 Å². The van der Waals surface area contributed by atoms with Gasteiger partial charge >= 0.3 is 0 Å². The van der Waals surface area contributed by atoms with Gasteiger partial charge in [-0.25, -0.2) is 4.98 Å². The number of amides is 1. The minimum atomic E-state index is -0.463. The van der Waals surface area contributed by atoms with Crippen LogP contribution in [-0.2, 0) is 0 Å². The molecule has 5 nitrogen and oxygen atoms in total. The molecule has 5 heteroatoms. The predicted molar refractivity (Wildman–Crippen MR) is 80.5 cm³/mol. The number of carbonyl (C=O) groups is 1. The molecule has 1 saturated carbocycles. The van der Waals surface area contributed by atoms with Crippen LogP contribution in [0.1, 0.15) is 41.7 Å². The SMILES string of the molecule is CN(C(=O)c1ncccc1C#CCN)C1CCCCC1O. The molecular weight excluding hydrogens is 266 g/mol. The quantitative estimate of drug-likeness (QED) is 0.787. The molecule has 0 spiro atoms. The number of aliphatic hydroxyl groups is 1. The molecule has 0 radical (unpaired) electrons. The van der Waals surface area contributed by atoms with Gasteiger partial charge in [-0.05, 0) is 25.0 Å². The van der Waals surface area contributed by atoms with E-state index in [4.69, 9.17) is 5.73 Å². The van der Waals surface area contributed by atoms with E-state index in [2.05, 4.69) is 16.8 Å². The fourth-order valence-corrected chi connectivity index (χ4v) is 2.68. The summed E-state index contributed by atoms with van der Waals surface area (Å²) < 4.78 is 0. The molecule has 0 saturated heterocycles. The Morgan fingerprint density at radius 1 is 1.52 bits per heavy atom. The number of rotatable bonds is 2. The molecule has 1 amide bonds. The maximum atomic E-state index is 12.6. The Balaban J connectivity index is 2.23. The van der Waals surface area contributed by atoms with Crippen molar-refractivity contribution in [1.82, 2.24) is 9.88 Å². The number of pyridine rings is 1. The summed E-state index contributed by atoms with van der Waals surface area (Å²) in [6.45, 7) is 0.236. The van der Waals surface area contributed by atoms with E-state index in [1.54, 1.807) is 30.3 Å². The zero-order valence-electron chi connectivity index (χ0n) is 12.2.